The summed E-state index contributed by atoms with van der Waals surface area (Å²) in [5.74, 6) is -0.682. The van der Waals surface area contributed by atoms with Crippen molar-refractivity contribution in [3.05, 3.63) is 0 Å². The predicted octanol–water partition coefficient (Wildman–Crippen LogP) is 0.345. The summed E-state index contributed by atoms with van der Waals surface area (Å²) in [6.45, 7) is 2.06. The van der Waals surface area contributed by atoms with Gasteiger partial charge in [0.15, 0.2) is 0 Å². The van der Waals surface area contributed by atoms with Crippen molar-refractivity contribution in [2.24, 2.45) is 5.92 Å². The summed E-state index contributed by atoms with van der Waals surface area (Å²) in [6.07, 6.45) is 2.35. The Balaban J connectivity index is 2.21. The fourth-order valence-corrected chi connectivity index (χ4v) is 1.08. The van der Waals surface area contributed by atoms with Gasteiger partial charge in [0.25, 0.3) is 0 Å². The summed E-state index contributed by atoms with van der Waals surface area (Å²) in [5.41, 5.74) is 0. The van der Waals surface area contributed by atoms with Gasteiger partial charge in [-0.2, -0.15) is 0 Å². The predicted molar refractivity (Wildman–Crippen MR) is 53.4 cm³/mol. The number of ether oxygens (including phenoxy) is 1. The second-order valence-electron chi connectivity index (χ2n) is 3.98. The molecule has 0 heterocycles. The highest BCUT2D eigenvalue weighted by Crippen LogP contribution is 2.28. The molecule has 5 nitrogen and oxygen atoms in total. The van der Waals surface area contributed by atoms with Gasteiger partial charge in [-0.25, -0.2) is 4.79 Å². The van der Waals surface area contributed by atoms with Crippen LogP contribution >= 0.6 is 0 Å². The van der Waals surface area contributed by atoms with E-state index in [1.54, 1.807) is 0 Å². The van der Waals surface area contributed by atoms with Gasteiger partial charge in [0.1, 0.15) is 12.6 Å². The number of carboxylic acid groups (broad SMARTS) is 1. The van der Waals surface area contributed by atoms with Crippen molar-refractivity contribution >= 4 is 11.9 Å². The number of likely N-dealkylation sites (N-methyl/N-ethyl adjacent to an activating group) is 1. The molecule has 0 spiro atoms. The van der Waals surface area contributed by atoms with Crippen molar-refractivity contribution in [1.82, 2.24) is 4.90 Å². The lowest BCUT2D eigenvalue weighted by atomic mass is 10.3. The lowest BCUT2D eigenvalue weighted by Gasteiger charge is -2.21. The third-order valence-corrected chi connectivity index (χ3v) is 2.61. The van der Waals surface area contributed by atoms with E-state index in [0.717, 1.165) is 0 Å². The largest absolute Gasteiger partial charge is 0.480 e. The molecule has 1 rings (SSSR count). The highest BCUT2D eigenvalue weighted by Gasteiger charge is 2.24. The first-order valence-corrected chi connectivity index (χ1v) is 5.08. The zero-order valence-corrected chi connectivity index (χ0v) is 9.10. The van der Waals surface area contributed by atoms with Crippen LogP contribution in [0, 0.1) is 5.92 Å². The normalized spacial score (nSPS) is 17.2. The summed E-state index contributed by atoms with van der Waals surface area (Å²) in [6, 6.07) is -0.804. The van der Waals surface area contributed by atoms with E-state index in [1.807, 2.05) is 0 Å². The number of carbonyl (C=O) groups is 2. The number of rotatable bonds is 6. The third kappa shape index (κ3) is 3.87. The Hall–Kier alpha value is -1.10. The molecule has 1 amide bonds. The molecule has 1 saturated carbocycles. The summed E-state index contributed by atoms with van der Waals surface area (Å²) >= 11 is 0. The van der Waals surface area contributed by atoms with Crippen molar-refractivity contribution in [2.45, 2.75) is 25.8 Å². The average molecular weight is 215 g/mol. The molecule has 1 unspecified atom stereocenters. The molecule has 1 N–H and O–H groups in total. The molecule has 0 radical (unpaired) electrons. The second kappa shape index (κ2) is 5.11. The van der Waals surface area contributed by atoms with Crippen LogP contribution in [0.4, 0.5) is 0 Å². The molecule has 0 aliphatic heterocycles. The van der Waals surface area contributed by atoms with E-state index in [-0.39, 0.29) is 12.5 Å². The smallest absolute Gasteiger partial charge is 0.326 e. The van der Waals surface area contributed by atoms with Gasteiger partial charge in [0, 0.05) is 7.05 Å². The van der Waals surface area contributed by atoms with E-state index in [1.165, 1.54) is 31.7 Å². The van der Waals surface area contributed by atoms with Crippen LogP contribution in [0.5, 0.6) is 0 Å². The van der Waals surface area contributed by atoms with Crippen LogP contribution in [0.15, 0.2) is 0 Å². The van der Waals surface area contributed by atoms with E-state index >= 15 is 0 Å². The molecule has 0 aromatic heterocycles. The van der Waals surface area contributed by atoms with E-state index in [4.69, 9.17) is 9.84 Å². The number of carbonyl (C=O) groups excluding carboxylic acids is 1. The van der Waals surface area contributed by atoms with Crippen molar-refractivity contribution < 1.29 is 19.4 Å². The van der Waals surface area contributed by atoms with Gasteiger partial charge in [0.2, 0.25) is 5.91 Å². The first-order chi connectivity index (χ1) is 7.02. The van der Waals surface area contributed by atoms with Crippen LogP contribution < -0.4 is 0 Å². The van der Waals surface area contributed by atoms with Crippen LogP contribution in [0.2, 0.25) is 0 Å². The summed E-state index contributed by atoms with van der Waals surface area (Å²) in [4.78, 5) is 23.2. The Kier molecular flexibility index (Phi) is 4.08. The highest BCUT2D eigenvalue weighted by atomic mass is 16.5. The van der Waals surface area contributed by atoms with Gasteiger partial charge >= 0.3 is 5.97 Å². The Morgan fingerprint density at radius 2 is 2.13 bits per heavy atom. The number of hydrogen-bond donors (Lipinski definition) is 1. The molecule has 1 fully saturated rings. The van der Waals surface area contributed by atoms with Gasteiger partial charge in [-0.05, 0) is 25.7 Å². The number of amides is 1. The summed E-state index contributed by atoms with van der Waals surface area (Å²) in [7, 11) is 1.47. The van der Waals surface area contributed by atoms with Crippen molar-refractivity contribution in [1.29, 1.82) is 0 Å². The molecule has 1 aliphatic rings. The third-order valence-electron chi connectivity index (χ3n) is 2.61. The Morgan fingerprint density at radius 3 is 2.60 bits per heavy atom. The molecule has 0 aromatic carbocycles. The number of carboxylic acids is 1. The number of aliphatic carboxylic acids is 1. The van der Waals surface area contributed by atoms with Crippen molar-refractivity contribution in [3.63, 3.8) is 0 Å². The van der Waals surface area contributed by atoms with Crippen LogP contribution in [-0.4, -0.2) is 48.2 Å². The maximum absolute atomic E-state index is 11.4. The zero-order chi connectivity index (χ0) is 11.4. The lowest BCUT2D eigenvalue weighted by Crippen LogP contribution is -2.42. The molecule has 0 aromatic rings. The first kappa shape index (κ1) is 12.0. The Labute approximate surface area is 89.0 Å². The zero-order valence-electron chi connectivity index (χ0n) is 9.10. The molecule has 1 aliphatic carbocycles. The molecule has 0 saturated heterocycles. The molecular weight excluding hydrogens is 198 g/mol. The summed E-state index contributed by atoms with van der Waals surface area (Å²) < 4.78 is 5.19. The molecule has 86 valence electrons. The van der Waals surface area contributed by atoms with E-state index in [9.17, 15) is 9.59 Å². The Morgan fingerprint density at radius 1 is 1.53 bits per heavy atom. The van der Waals surface area contributed by atoms with Gasteiger partial charge < -0.3 is 14.7 Å². The second-order valence-corrected chi connectivity index (χ2v) is 3.98. The fraction of sp³-hybridized carbons (Fsp3) is 0.800. The van der Waals surface area contributed by atoms with Crippen LogP contribution in [0.1, 0.15) is 19.8 Å². The quantitative estimate of drug-likeness (QED) is 0.694. The minimum Gasteiger partial charge on any atom is -0.480 e. The van der Waals surface area contributed by atoms with E-state index < -0.39 is 12.0 Å². The number of hydrogen-bond acceptors (Lipinski definition) is 3. The first-order valence-electron chi connectivity index (χ1n) is 5.08. The summed E-state index contributed by atoms with van der Waals surface area (Å²) in [5, 5.41) is 8.69. The minimum absolute atomic E-state index is 0.0232. The molecule has 15 heavy (non-hydrogen) atoms. The topological polar surface area (TPSA) is 66.8 Å². The fourth-order valence-electron chi connectivity index (χ4n) is 1.08. The lowest BCUT2D eigenvalue weighted by molar-refractivity contribution is -0.150. The van der Waals surface area contributed by atoms with Crippen molar-refractivity contribution in [2.75, 3.05) is 20.3 Å². The van der Waals surface area contributed by atoms with E-state index in [0.29, 0.717) is 12.5 Å². The van der Waals surface area contributed by atoms with Crippen LogP contribution in [0.25, 0.3) is 0 Å². The molecule has 1 atom stereocenters. The van der Waals surface area contributed by atoms with Crippen molar-refractivity contribution in [3.8, 4) is 0 Å². The maximum Gasteiger partial charge on any atom is 0.326 e. The minimum atomic E-state index is -1.01. The van der Waals surface area contributed by atoms with Crippen LogP contribution in [-0.2, 0) is 14.3 Å². The SMILES string of the molecule is CC(C(=O)O)N(C)C(=O)COCC1CC1. The average Bonchev–Trinajstić information content (AvgIpc) is 2.99. The monoisotopic (exact) mass is 215 g/mol. The molecular formula is C10H17NO4. The standard InChI is InChI=1S/C10H17NO4/c1-7(10(13)14)11(2)9(12)6-15-5-8-3-4-8/h7-8H,3-6H2,1-2H3,(H,13,14). The molecule has 5 heteroatoms. The maximum atomic E-state index is 11.4. The highest BCUT2D eigenvalue weighted by molar-refractivity contribution is 5.83. The van der Waals surface area contributed by atoms with Gasteiger partial charge in [-0.15, -0.1) is 0 Å². The Bertz CT molecular complexity index is 250. The molecule has 0 bridgehead atoms. The van der Waals surface area contributed by atoms with E-state index in [2.05, 4.69) is 0 Å². The van der Waals surface area contributed by atoms with Gasteiger partial charge in [0.05, 0.1) is 6.61 Å². The van der Waals surface area contributed by atoms with Crippen LogP contribution in [0.3, 0.4) is 0 Å². The van der Waals surface area contributed by atoms with Gasteiger partial charge in [-0.3, -0.25) is 4.79 Å². The number of nitrogens with zero attached hydrogens (tertiary/aromatic N) is 1. The van der Waals surface area contributed by atoms with Gasteiger partial charge in [-0.1, -0.05) is 0 Å².